The van der Waals surface area contributed by atoms with E-state index < -0.39 is 29.6 Å². The van der Waals surface area contributed by atoms with Crippen molar-refractivity contribution in [3.05, 3.63) is 40.7 Å². The molecule has 0 saturated carbocycles. The average molecular weight is 375 g/mol. The number of fused-ring (bicyclic) bond motifs is 1. The van der Waals surface area contributed by atoms with Crippen LogP contribution in [-0.4, -0.2) is 22.4 Å². The number of hydrogen-bond acceptors (Lipinski definition) is 3. The molecule has 0 spiro atoms. The molecule has 25 heavy (non-hydrogen) atoms. The summed E-state index contributed by atoms with van der Waals surface area (Å²) < 4.78 is 45.3. The fourth-order valence-electron chi connectivity index (χ4n) is 2.64. The number of hydrogen-bond donors (Lipinski definition) is 2. The lowest BCUT2D eigenvalue weighted by molar-refractivity contribution is -0.140. The summed E-state index contributed by atoms with van der Waals surface area (Å²) in [4.78, 5) is 12.2. The van der Waals surface area contributed by atoms with Crippen LogP contribution in [0.25, 0.3) is 0 Å². The number of aromatic nitrogens is 2. The minimum Gasteiger partial charge on any atom is -0.492 e. The van der Waals surface area contributed by atoms with Gasteiger partial charge in [-0.15, -0.1) is 0 Å². The second-order valence-electron chi connectivity index (χ2n) is 5.51. The van der Waals surface area contributed by atoms with Gasteiger partial charge in [-0.2, -0.15) is 18.3 Å². The highest BCUT2D eigenvalue weighted by atomic mass is 35.5. The quantitative estimate of drug-likeness (QED) is 0.841. The fraction of sp³-hybridized carbons (Fsp3) is 0.333. The molecule has 0 radical (unpaired) electrons. The molecule has 6 nitrogen and oxygen atoms in total. The van der Waals surface area contributed by atoms with Gasteiger partial charge in [-0.05, 0) is 6.07 Å². The summed E-state index contributed by atoms with van der Waals surface area (Å²) in [6.45, 7) is 0.336. The van der Waals surface area contributed by atoms with Gasteiger partial charge in [-0.25, -0.2) is 4.79 Å². The number of benzene rings is 1. The smallest absolute Gasteiger partial charge is 0.437 e. The normalized spacial score (nSPS) is 16.8. The van der Waals surface area contributed by atoms with E-state index in [2.05, 4.69) is 15.7 Å². The van der Waals surface area contributed by atoms with Gasteiger partial charge in [0.2, 0.25) is 0 Å². The van der Waals surface area contributed by atoms with Crippen LogP contribution in [0.2, 0.25) is 5.02 Å². The van der Waals surface area contributed by atoms with Crippen molar-refractivity contribution in [2.45, 2.75) is 18.6 Å². The predicted molar refractivity (Wildman–Crippen MR) is 84.7 cm³/mol. The van der Waals surface area contributed by atoms with E-state index >= 15 is 0 Å². The maximum absolute atomic E-state index is 12.9. The Morgan fingerprint density at radius 1 is 1.44 bits per heavy atom. The largest absolute Gasteiger partial charge is 0.492 e. The van der Waals surface area contributed by atoms with Crippen LogP contribution >= 0.6 is 11.6 Å². The molecule has 1 aliphatic rings. The molecule has 0 saturated heterocycles. The lowest BCUT2D eigenvalue weighted by Crippen LogP contribution is -2.35. The predicted octanol–water partition coefficient (Wildman–Crippen LogP) is 3.74. The van der Waals surface area contributed by atoms with Crippen LogP contribution in [-0.2, 0) is 13.2 Å². The van der Waals surface area contributed by atoms with Crippen molar-refractivity contribution in [2.24, 2.45) is 7.05 Å². The van der Waals surface area contributed by atoms with Crippen molar-refractivity contribution >= 4 is 23.3 Å². The molecule has 10 heteroatoms. The summed E-state index contributed by atoms with van der Waals surface area (Å²) >= 11 is 6.06. The van der Waals surface area contributed by atoms with Crippen LogP contribution in [0.1, 0.15) is 23.7 Å². The first-order valence-electron chi connectivity index (χ1n) is 7.35. The van der Waals surface area contributed by atoms with Gasteiger partial charge in [0.25, 0.3) is 0 Å². The Morgan fingerprint density at radius 3 is 2.92 bits per heavy atom. The van der Waals surface area contributed by atoms with Crippen LogP contribution in [0.5, 0.6) is 5.75 Å². The number of aryl methyl sites for hydroxylation is 1. The molecule has 0 bridgehead atoms. The summed E-state index contributed by atoms with van der Waals surface area (Å²) in [6.07, 6.45) is -3.10. The number of nitrogens with zero attached hydrogens (tertiary/aromatic N) is 2. The van der Waals surface area contributed by atoms with Gasteiger partial charge in [0.1, 0.15) is 5.75 Å². The molecule has 1 aliphatic heterocycles. The van der Waals surface area contributed by atoms with E-state index in [1.54, 1.807) is 18.2 Å². The Labute approximate surface area is 145 Å². The molecule has 2 amide bonds. The van der Waals surface area contributed by atoms with E-state index in [4.69, 9.17) is 16.3 Å². The van der Waals surface area contributed by atoms with E-state index in [-0.39, 0.29) is 0 Å². The lowest BCUT2D eigenvalue weighted by atomic mass is 10.0. The van der Waals surface area contributed by atoms with Crippen LogP contribution in [0.3, 0.4) is 0 Å². The third kappa shape index (κ3) is 3.65. The molecule has 0 fully saturated rings. The third-order valence-corrected chi connectivity index (χ3v) is 3.97. The molecule has 1 aromatic carbocycles. The number of alkyl halides is 3. The second kappa shape index (κ2) is 6.47. The number of halogens is 4. The molecule has 2 N–H and O–H groups in total. The zero-order valence-electron chi connectivity index (χ0n) is 13.0. The minimum atomic E-state index is -4.66. The standard InChI is InChI=1S/C15H14ClF3N4O2/c1-23-7-11(13(22-23)15(17,18)19)21-14(24)20-10-5-6-25-12-8(10)3-2-4-9(12)16/h2-4,7,10H,5-6H2,1H3,(H2,20,21,24). The third-order valence-electron chi connectivity index (χ3n) is 3.68. The lowest BCUT2D eigenvalue weighted by Gasteiger charge is -2.27. The van der Waals surface area contributed by atoms with Gasteiger partial charge < -0.3 is 15.4 Å². The molecular formula is C15H14ClF3N4O2. The van der Waals surface area contributed by atoms with E-state index in [1.807, 2.05) is 0 Å². The van der Waals surface area contributed by atoms with Gasteiger partial charge >= 0.3 is 12.2 Å². The van der Waals surface area contributed by atoms with Gasteiger partial charge in [0, 0.05) is 25.2 Å². The van der Waals surface area contributed by atoms with Gasteiger partial charge in [0.15, 0.2) is 5.69 Å². The molecule has 2 aromatic rings. The number of amides is 2. The molecule has 1 aromatic heterocycles. The van der Waals surface area contributed by atoms with E-state index in [0.717, 1.165) is 10.9 Å². The number of urea groups is 1. The van der Waals surface area contributed by atoms with Crippen LogP contribution in [0, 0.1) is 0 Å². The number of carbonyl (C=O) groups excluding carboxylic acids is 1. The van der Waals surface area contributed by atoms with Crippen molar-refractivity contribution in [3.8, 4) is 5.75 Å². The van der Waals surface area contributed by atoms with Crippen molar-refractivity contribution in [2.75, 3.05) is 11.9 Å². The summed E-state index contributed by atoms with van der Waals surface area (Å²) in [5.74, 6) is 0.470. The number of para-hydroxylation sites is 1. The highest BCUT2D eigenvalue weighted by molar-refractivity contribution is 6.32. The van der Waals surface area contributed by atoms with Crippen molar-refractivity contribution in [1.29, 1.82) is 0 Å². The maximum atomic E-state index is 12.9. The fourth-order valence-corrected chi connectivity index (χ4v) is 2.88. The van der Waals surface area contributed by atoms with Crippen LogP contribution < -0.4 is 15.4 Å². The van der Waals surface area contributed by atoms with Gasteiger partial charge in [-0.3, -0.25) is 4.68 Å². The van der Waals surface area contributed by atoms with Crippen LogP contribution in [0.15, 0.2) is 24.4 Å². The average Bonchev–Trinajstić information content (AvgIpc) is 2.89. The van der Waals surface area contributed by atoms with Gasteiger partial charge in [0.05, 0.1) is 23.4 Å². The van der Waals surface area contributed by atoms with E-state index in [1.165, 1.54) is 7.05 Å². The van der Waals surface area contributed by atoms with Crippen molar-refractivity contribution in [1.82, 2.24) is 15.1 Å². The summed E-state index contributed by atoms with van der Waals surface area (Å²) in [5.41, 5.74) is -0.886. The number of nitrogens with one attached hydrogen (secondary N) is 2. The maximum Gasteiger partial charge on any atom is 0.437 e. The number of rotatable bonds is 2. The molecule has 1 unspecified atom stereocenters. The summed E-state index contributed by atoms with van der Waals surface area (Å²) in [7, 11) is 1.34. The summed E-state index contributed by atoms with van der Waals surface area (Å²) in [5, 5.41) is 8.60. The number of ether oxygens (including phenoxy) is 1. The van der Waals surface area contributed by atoms with Crippen molar-refractivity contribution in [3.63, 3.8) is 0 Å². The molecular weight excluding hydrogens is 361 g/mol. The summed E-state index contributed by atoms with van der Waals surface area (Å²) in [6, 6.07) is 3.93. The van der Waals surface area contributed by atoms with E-state index in [0.29, 0.717) is 29.4 Å². The van der Waals surface area contributed by atoms with Crippen LogP contribution in [0.4, 0.5) is 23.7 Å². The Balaban J connectivity index is 1.76. The van der Waals surface area contributed by atoms with E-state index in [9.17, 15) is 18.0 Å². The second-order valence-corrected chi connectivity index (χ2v) is 5.92. The van der Waals surface area contributed by atoms with Gasteiger partial charge in [-0.1, -0.05) is 23.7 Å². The first-order valence-corrected chi connectivity index (χ1v) is 7.73. The Hall–Kier alpha value is -2.42. The SMILES string of the molecule is Cn1cc(NC(=O)NC2CCOc3c(Cl)cccc32)c(C(F)(F)F)n1. The zero-order chi connectivity index (χ0) is 18.2. The molecule has 1 atom stereocenters. The highest BCUT2D eigenvalue weighted by Crippen LogP contribution is 2.38. The first kappa shape index (κ1) is 17.4. The number of anilines is 1. The molecule has 2 heterocycles. The first-order chi connectivity index (χ1) is 11.8. The van der Waals surface area contributed by atoms with Crippen molar-refractivity contribution < 1.29 is 22.7 Å². The monoisotopic (exact) mass is 374 g/mol. The minimum absolute atomic E-state index is 0.336. The Bertz CT molecular complexity index is 807. The zero-order valence-corrected chi connectivity index (χ0v) is 13.8. The molecule has 3 rings (SSSR count). The Kier molecular flexibility index (Phi) is 4.51. The topological polar surface area (TPSA) is 68.2 Å². The number of carbonyl (C=O) groups is 1. The highest BCUT2D eigenvalue weighted by Gasteiger charge is 2.37. The molecule has 134 valence electrons. The Morgan fingerprint density at radius 2 is 2.20 bits per heavy atom. The molecule has 0 aliphatic carbocycles.